The molecule has 3 rings (SSSR count). The van der Waals surface area contributed by atoms with Crippen molar-refractivity contribution in [2.24, 2.45) is 0 Å². The highest BCUT2D eigenvalue weighted by molar-refractivity contribution is 5.88. The molecule has 1 unspecified atom stereocenters. The lowest BCUT2D eigenvalue weighted by Gasteiger charge is -2.14. The smallest absolute Gasteiger partial charge is 0.127 e. The van der Waals surface area contributed by atoms with Crippen LogP contribution in [0.5, 0.6) is 11.5 Å². The zero-order valence-corrected chi connectivity index (χ0v) is 13.6. The summed E-state index contributed by atoms with van der Waals surface area (Å²) in [4.78, 5) is 0. The largest absolute Gasteiger partial charge is 0.496 e. The minimum absolute atomic E-state index is 0.254. The molecule has 0 bridgehead atoms. The number of ether oxygens (including phenoxy) is 2. The summed E-state index contributed by atoms with van der Waals surface area (Å²) in [5.74, 6) is 1.34. The normalized spacial score (nSPS) is 11.7. The maximum absolute atomic E-state index is 9.51. The topological polar surface area (TPSA) is 42.2 Å². The fourth-order valence-electron chi connectivity index (χ4n) is 2.85. The second kappa shape index (κ2) is 7.52. The van der Waals surface area contributed by atoms with Crippen LogP contribution in [0.4, 0.5) is 0 Å². The molecule has 0 heterocycles. The molecule has 0 aromatic heterocycles. The molecule has 0 aliphatic heterocycles. The third-order valence-corrected chi connectivity index (χ3v) is 4.08. The summed E-state index contributed by atoms with van der Waals surface area (Å²) in [5.41, 5.74) is 0.906. The summed E-state index contributed by atoms with van der Waals surface area (Å²) >= 11 is 0. The SMILES string of the molecule is COc1ccccc1C(C#N)CCOc1cccc2ccccc12. The van der Waals surface area contributed by atoms with E-state index in [1.165, 1.54) is 0 Å². The third kappa shape index (κ3) is 3.33. The van der Waals surface area contributed by atoms with Crippen molar-refractivity contribution < 1.29 is 9.47 Å². The predicted octanol–water partition coefficient (Wildman–Crippen LogP) is 4.92. The van der Waals surface area contributed by atoms with Crippen LogP contribution in [0.2, 0.25) is 0 Å². The highest BCUT2D eigenvalue weighted by Gasteiger charge is 2.15. The van der Waals surface area contributed by atoms with Gasteiger partial charge in [-0.2, -0.15) is 5.26 Å². The fourth-order valence-corrected chi connectivity index (χ4v) is 2.85. The van der Waals surface area contributed by atoms with Gasteiger partial charge in [0.15, 0.2) is 0 Å². The molecule has 24 heavy (non-hydrogen) atoms. The first-order valence-corrected chi connectivity index (χ1v) is 7.96. The van der Waals surface area contributed by atoms with Crippen molar-refractivity contribution >= 4 is 10.8 Å². The minimum atomic E-state index is -0.254. The van der Waals surface area contributed by atoms with E-state index in [0.717, 1.165) is 27.8 Å². The molecule has 0 amide bonds. The molecule has 3 nitrogen and oxygen atoms in total. The molecule has 0 N–H and O–H groups in total. The number of nitrogens with zero attached hydrogens (tertiary/aromatic N) is 1. The van der Waals surface area contributed by atoms with E-state index in [4.69, 9.17) is 9.47 Å². The molecule has 0 fully saturated rings. The molecule has 3 aromatic carbocycles. The molecule has 1 atom stereocenters. The van der Waals surface area contributed by atoms with Crippen molar-refractivity contribution in [3.8, 4) is 17.6 Å². The molecule has 0 saturated carbocycles. The van der Waals surface area contributed by atoms with Gasteiger partial charge in [-0.05, 0) is 17.5 Å². The second-order valence-corrected chi connectivity index (χ2v) is 5.54. The van der Waals surface area contributed by atoms with Crippen molar-refractivity contribution in [1.29, 1.82) is 5.26 Å². The number of para-hydroxylation sites is 1. The first-order chi connectivity index (χ1) is 11.8. The van der Waals surface area contributed by atoms with Crippen LogP contribution in [0.15, 0.2) is 66.7 Å². The summed E-state index contributed by atoms with van der Waals surface area (Å²) in [6, 6.07) is 24.1. The number of hydrogen-bond acceptors (Lipinski definition) is 3. The van der Waals surface area contributed by atoms with E-state index in [2.05, 4.69) is 18.2 Å². The number of hydrogen-bond donors (Lipinski definition) is 0. The molecule has 0 saturated heterocycles. The van der Waals surface area contributed by atoms with Gasteiger partial charge in [0.1, 0.15) is 11.5 Å². The Morgan fingerprint density at radius 2 is 1.62 bits per heavy atom. The zero-order chi connectivity index (χ0) is 16.8. The molecule has 0 aliphatic carbocycles. The van der Waals surface area contributed by atoms with E-state index in [1.54, 1.807) is 7.11 Å². The van der Waals surface area contributed by atoms with Gasteiger partial charge in [-0.1, -0.05) is 54.6 Å². The lowest BCUT2D eigenvalue weighted by Crippen LogP contribution is -2.06. The standard InChI is InChI=1S/C21H19NO2/c1-23-20-11-5-4-10-19(20)17(15-22)13-14-24-21-12-6-8-16-7-2-3-9-18(16)21/h2-12,17H,13-14H2,1H3. The Morgan fingerprint density at radius 1 is 0.917 bits per heavy atom. The van der Waals surface area contributed by atoms with Crippen LogP contribution in [-0.2, 0) is 0 Å². The number of benzene rings is 3. The summed E-state index contributed by atoms with van der Waals surface area (Å²) < 4.78 is 11.3. The van der Waals surface area contributed by atoms with E-state index >= 15 is 0 Å². The zero-order valence-electron chi connectivity index (χ0n) is 13.6. The molecular weight excluding hydrogens is 298 g/mol. The minimum Gasteiger partial charge on any atom is -0.496 e. The molecule has 3 heteroatoms. The monoisotopic (exact) mass is 317 g/mol. The van der Waals surface area contributed by atoms with E-state index in [9.17, 15) is 5.26 Å². The van der Waals surface area contributed by atoms with Crippen molar-refractivity contribution in [2.75, 3.05) is 13.7 Å². The van der Waals surface area contributed by atoms with Gasteiger partial charge < -0.3 is 9.47 Å². The first-order valence-electron chi connectivity index (χ1n) is 7.96. The number of methoxy groups -OCH3 is 1. The average molecular weight is 317 g/mol. The Morgan fingerprint density at radius 3 is 2.46 bits per heavy atom. The Bertz CT molecular complexity index is 862. The molecule has 0 radical (unpaired) electrons. The van der Waals surface area contributed by atoms with E-state index in [-0.39, 0.29) is 5.92 Å². The van der Waals surface area contributed by atoms with Gasteiger partial charge in [0.2, 0.25) is 0 Å². The van der Waals surface area contributed by atoms with E-state index in [1.807, 2.05) is 54.6 Å². The lowest BCUT2D eigenvalue weighted by atomic mass is 9.96. The maximum Gasteiger partial charge on any atom is 0.127 e. The van der Waals surface area contributed by atoms with Crippen LogP contribution in [0.3, 0.4) is 0 Å². The van der Waals surface area contributed by atoms with Crippen molar-refractivity contribution in [3.63, 3.8) is 0 Å². The number of nitriles is 1. The van der Waals surface area contributed by atoms with Crippen LogP contribution in [-0.4, -0.2) is 13.7 Å². The van der Waals surface area contributed by atoms with Gasteiger partial charge in [0.25, 0.3) is 0 Å². The first kappa shape index (κ1) is 15.9. The van der Waals surface area contributed by atoms with Gasteiger partial charge in [-0.25, -0.2) is 0 Å². The average Bonchev–Trinajstić information content (AvgIpc) is 2.65. The number of rotatable bonds is 6. The summed E-state index contributed by atoms with van der Waals surface area (Å²) in [6.07, 6.45) is 0.611. The van der Waals surface area contributed by atoms with E-state index < -0.39 is 0 Å². The van der Waals surface area contributed by atoms with Crippen molar-refractivity contribution in [2.45, 2.75) is 12.3 Å². The Balaban J connectivity index is 1.72. The van der Waals surface area contributed by atoms with Gasteiger partial charge >= 0.3 is 0 Å². The van der Waals surface area contributed by atoms with E-state index in [0.29, 0.717) is 13.0 Å². The summed E-state index contributed by atoms with van der Waals surface area (Å²) in [5, 5.41) is 11.7. The molecule has 120 valence electrons. The van der Waals surface area contributed by atoms with Gasteiger partial charge in [-0.3, -0.25) is 0 Å². The van der Waals surface area contributed by atoms with Gasteiger partial charge in [0.05, 0.1) is 25.7 Å². The van der Waals surface area contributed by atoms with Crippen LogP contribution >= 0.6 is 0 Å². The van der Waals surface area contributed by atoms with Crippen LogP contribution in [0, 0.1) is 11.3 Å². The van der Waals surface area contributed by atoms with Crippen LogP contribution < -0.4 is 9.47 Å². The maximum atomic E-state index is 9.51. The second-order valence-electron chi connectivity index (χ2n) is 5.54. The van der Waals surface area contributed by atoms with Gasteiger partial charge in [-0.15, -0.1) is 0 Å². The molecule has 0 spiro atoms. The number of fused-ring (bicyclic) bond motifs is 1. The highest BCUT2D eigenvalue weighted by Crippen LogP contribution is 2.29. The predicted molar refractivity (Wildman–Crippen MR) is 95.4 cm³/mol. The van der Waals surface area contributed by atoms with Crippen LogP contribution in [0.1, 0.15) is 17.9 Å². The van der Waals surface area contributed by atoms with Crippen molar-refractivity contribution in [1.82, 2.24) is 0 Å². The third-order valence-electron chi connectivity index (χ3n) is 4.08. The molecule has 3 aromatic rings. The lowest BCUT2D eigenvalue weighted by molar-refractivity contribution is 0.308. The summed E-state index contributed by atoms with van der Waals surface area (Å²) in [6.45, 7) is 0.476. The Labute approximate surface area is 142 Å². The Kier molecular flexibility index (Phi) is 4.98. The molecular formula is C21H19NO2. The fraction of sp³-hybridized carbons (Fsp3) is 0.190. The van der Waals surface area contributed by atoms with Crippen LogP contribution in [0.25, 0.3) is 10.8 Å². The quantitative estimate of drug-likeness (QED) is 0.647. The van der Waals surface area contributed by atoms with Crippen molar-refractivity contribution in [3.05, 3.63) is 72.3 Å². The summed E-state index contributed by atoms with van der Waals surface area (Å²) in [7, 11) is 1.62. The highest BCUT2D eigenvalue weighted by atomic mass is 16.5. The van der Waals surface area contributed by atoms with Gasteiger partial charge in [0, 0.05) is 17.4 Å². The molecule has 0 aliphatic rings. The Hall–Kier alpha value is -2.99.